The molecule has 0 saturated carbocycles. The van der Waals surface area contributed by atoms with Crippen molar-refractivity contribution in [1.29, 1.82) is 0 Å². The zero-order chi connectivity index (χ0) is 16.8. The Balaban J connectivity index is 1.57. The van der Waals surface area contributed by atoms with Crippen LogP contribution >= 0.6 is 0 Å². The number of imidazole rings is 1. The van der Waals surface area contributed by atoms with Gasteiger partial charge in [-0.15, -0.1) is 0 Å². The number of benzene rings is 2. The number of nitrogens with zero attached hydrogens (tertiary/aromatic N) is 2. The summed E-state index contributed by atoms with van der Waals surface area (Å²) in [6, 6.07) is 17.9. The van der Waals surface area contributed by atoms with E-state index in [0.717, 1.165) is 23.5 Å². The van der Waals surface area contributed by atoms with Gasteiger partial charge in [0.15, 0.2) is 0 Å². The van der Waals surface area contributed by atoms with Crippen molar-refractivity contribution < 1.29 is 4.79 Å². The van der Waals surface area contributed by atoms with Gasteiger partial charge in [-0.2, -0.15) is 0 Å². The fourth-order valence-corrected chi connectivity index (χ4v) is 2.70. The van der Waals surface area contributed by atoms with Gasteiger partial charge >= 0.3 is 0 Å². The number of aryl methyl sites for hydroxylation is 1. The molecule has 1 amide bonds. The number of carbonyl (C=O) groups is 1. The Morgan fingerprint density at radius 3 is 2.62 bits per heavy atom. The first-order valence-electron chi connectivity index (χ1n) is 8.12. The van der Waals surface area contributed by atoms with Crippen LogP contribution in [0.15, 0.2) is 67.0 Å². The molecule has 4 heteroatoms. The Hall–Kier alpha value is -2.88. The number of hydrogen-bond acceptors (Lipinski definition) is 2. The van der Waals surface area contributed by atoms with Gasteiger partial charge in [0.2, 0.25) is 0 Å². The number of amides is 1. The van der Waals surface area contributed by atoms with Crippen molar-refractivity contribution in [2.24, 2.45) is 0 Å². The average Bonchev–Trinajstić information content (AvgIpc) is 3.03. The summed E-state index contributed by atoms with van der Waals surface area (Å²) in [4.78, 5) is 16.6. The molecule has 1 N–H and O–H groups in total. The maximum atomic E-state index is 12.2. The smallest absolute Gasteiger partial charge is 0.251 e. The van der Waals surface area contributed by atoms with Crippen molar-refractivity contribution in [3.63, 3.8) is 0 Å². The van der Waals surface area contributed by atoms with Crippen LogP contribution in [-0.2, 0) is 13.0 Å². The van der Waals surface area contributed by atoms with Gasteiger partial charge in [-0.1, -0.05) is 48.5 Å². The van der Waals surface area contributed by atoms with E-state index in [4.69, 9.17) is 0 Å². The molecular formula is C20H21N3O. The molecule has 1 aromatic heterocycles. The highest BCUT2D eigenvalue weighted by atomic mass is 16.1. The van der Waals surface area contributed by atoms with Crippen LogP contribution in [0.4, 0.5) is 0 Å². The molecule has 0 saturated heterocycles. The second-order valence-electron chi connectivity index (χ2n) is 5.78. The van der Waals surface area contributed by atoms with E-state index in [1.165, 1.54) is 5.56 Å². The summed E-state index contributed by atoms with van der Waals surface area (Å²) < 4.78 is 2.12. The van der Waals surface area contributed by atoms with Crippen LogP contribution in [-0.4, -0.2) is 22.0 Å². The Morgan fingerprint density at radius 2 is 1.83 bits per heavy atom. The Morgan fingerprint density at radius 1 is 1.08 bits per heavy atom. The number of carbonyl (C=O) groups excluding carboxylic acids is 1. The lowest BCUT2D eigenvalue weighted by atomic mass is 10.1. The lowest BCUT2D eigenvalue weighted by Crippen LogP contribution is -2.27. The molecule has 3 rings (SSSR count). The molecule has 2 aromatic carbocycles. The summed E-state index contributed by atoms with van der Waals surface area (Å²) in [6.45, 7) is 3.31. The number of rotatable bonds is 6. The predicted octanol–water partition coefficient (Wildman–Crippen LogP) is 3.21. The molecular weight excluding hydrogens is 298 g/mol. The van der Waals surface area contributed by atoms with Crippen LogP contribution in [0.25, 0.3) is 0 Å². The van der Waals surface area contributed by atoms with Gasteiger partial charge < -0.3 is 9.88 Å². The first-order valence-corrected chi connectivity index (χ1v) is 8.12. The molecule has 0 spiro atoms. The molecule has 1 heterocycles. The third kappa shape index (κ3) is 3.90. The molecule has 4 nitrogen and oxygen atoms in total. The fraction of sp³-hybridized carbons (Fsp3) is 0.200. The highest BCUT2D eigenvalue weighted by Gasteiger charge is 2.09. The van der Waals surface area contributed by atoms with Crippen LogP contribution in [0.1, 0.15) is 27.3 Å². The molecule has 0 aliphatic rings. The maximum Gasteiger partial charge on any atom is 0.251 e. The monoisotopic (exact) mass is 319 g/mol. The molecule has 0 atom stereocenters. The SMILES string of the molecule is Cc1ccccc1C(=O)NCCc1nccn1Cc1ccccc1. The number of hydrogen-bond donors (Lipinski definition) is 1. The second kappa shape index (κ2) is 7.59. The third-order valence-electron chi connectivity index (χ3n) is 4.02. The lowest BCUT2D eigenvalue weighted by molar-refractivity contribution is 0.0953. The average molecular weight is 319 g/mol. The molecule has 0 unspecified atom stereocenters. The summed E-state index contributed by atoms with van der Waals surface area (Å²) in [6.07, 6.45) is 4.49. The maximum absolute atomic E-state index is 12.2. The lowest BCUT2D eigenvalue weighted by Gasteiger charge is -2.10. The Kier molecular flexibility index (Phi) is 5.06. The first-order chi connectivity index (χ1) is 11.7. The van der Waals surface area contributed by atoms with E-state index in [1.807, 2.05) is 55.6 Å². The van der Waals surface area contributed by atoms with E-state index in [-0.39, 0.29) is 5.91 Å². The van der Waals surface area contributed by atoms with E-state index in [2.05, 4.69) is 27.0 Å². The minimum atomic E-state index is -0.0331. The quantitative estimate of drug-likeness (QED) is 0.758. The van der Waals surface area contributed by atoms with Gasteiger partial charge in [0.25, 0.3) is 5.91 Å². The van der Waals surface area contributed by atoms with Crippen LogP contribution in [0, 0.1) is 6.92 Å². The number of aromatic nitrogens is 2. The molecule has 0 aliphatic carbocycles. The summed E-state index contributed by atoms with van der Waals surface area (Å²) in [5.41, 5.74) is 2.95. The summed E-state index contributed by atoms with van der Waals surface area (Å²) in [5.74, 6) is 0.943. The van der Waals surface area contributed by atoms with Crippen molar-refractivity contribution in [3.8, 4) is 0 Å². The minimum absolute atomic E-state index is 0.0331. The largest absolute Gasteiger partial charge is 0.352 e. The molecule has 0 radical (unpaired) electrons. The molecule has 24 heavy (non-hydrogen) atoms. The van der Waals surface area contributed by atoms with E-state index in [0.29, 0.717) is 13.0 Å². The van der Waals surface area contributed by atoms with Gasteiger partial charge in [0.1, 0.15) is 5.82 Å². The summed E-state index contributed by atoms with van der Waals surface area (Å²) in [7, 11) is 0. The van der Waals surface area contributed by atoms with Crippen LogP contribution < -0.4 is 5.32 Å². The zero-order valence-electron chi connectivity index (χ0n) is 13.8. The topological polar surface area (TPSA) is 46.9 Å². The van der Waals surface area contributed by atoms with E-state index in [9.17, 15) is 4.79 Å². The van der Waals surface area contributed by atoms with Gasteiger partial charge in [0.05, 0.1) is 0 Å². The second-order valence-corrected chi connectivity index (χ2v) is 5.78. The first kappa shape index (κ1) is 16.0. The van der Waals surface area contributed by atoms with Crippen molar-refractivity contribution >= 4 is 5.91 Å². The Bertz CT molecular complexity index is 809. The van der Waals surface area contributed by atoms with Gasteiger partial charge in [-0.05, 0) is 24.1 Å². The summed E-state index contributed by atoms with van der Waals surface area (Å²) >= 11 is 0. The molecule has 0 bridgehead atoms. The zero-order valence-corrected chi connectivity index (χ0v) is 13.8. The highest BCUT2D eigenvalue weighted by Crippen LogP contribution is 2.08. The van der Waals surface area contributed by atoms with E-state index in [1.54, 1.807) is 6.20 Å². The summed E-state index contributed by atoms with van der Waals surface area (Å²) in [5, 5.41) is 2.98. The molecule has 122 valence electrons. The predicted molar refractivity (Wildman–Crippen MR) is 95.0 cm³/mol. The molecule has 0 aliphatic heterocycles. The van der Waals surface area contributed by atoms with Crippen LogP contribution in [0.5, 0.6) is 0 Å². The van der Waals surface area contributed by atoms with E-state index < -0.39 is 0 Å². The highest BCUT2D eigenvalue weighted by molar-refractivity contribution is 5.95. The van der Waals surface area contributed by atoms with E-state index >= 15 is 0 Å². The van der Waals surface area contributed by atoms with Crippen LogP contribution in [0.3, 0.4) is 0 Å². The fourth-order valence-electron chi connectivity index (χ4n) is 2.70. The van der Waals surface area contributed by atoms with Gasteiger partial charge in [-0.25, -0.2) is 4.98 Å². The molecule has 3 aromatic rings. The molecule has 0 fully saturated rings. The van der Waals surface area contributed by atoms with Crippen molar-refractivity contribution in [2.45, 2.75) is 19.9 Å². The number of nitrogens with one attached hydrogen (secondary N) is 1. The third-order valence-corrected chi connectivity index (χ3v) is 4.02. The standard InChI is InChI=1S/C20H21N3O/c1-16-7-5-6-10-18(16)20(24)22-12-11-19-21-13-14-23(19)15-17-8-3-2-4-9-17/h2-10,13-14H,11-12,15H2,1H3,(H,22,24). The van der Waals surface area contributed by atoms with Gasteiger partial charge in [-0.3, -0.25) is 4.79 Å². The van der Waals surface area contributed by atoms with Crippen molar-refractivity contribution in [3.05, 3.63) is 89.5 Å². The Labute approximate surface area is 142 Å². The van der Waals surface area contributed by atoms with Crippen LogP contribution in [0.2, 0.25) is 0 Å². The van der Waals surface area contributed by atoms with Crippen molar-refractivity contribution in [1.82, 2.24) is 14.9 Å². The van der Waals surface area contributed by atoms with Crippen molar-refractivity contribution in [2.75, 3.05) is 6.54 Å². The minimum Gasteiger partial charge on any atom is -0.352 e. The normalized spacial score (nSPS) is 10.5. The van der Waals surface area contributed by atoms with Gasteiger partial charge in [0, 0.05) is 37.5 Å².